The van der Waals surface area contributed by atoms with Crippen LogP contribution in [0, 0.1) is 12.3 Å². The molecule has 0 amide bonds. The van der Waals surface area contributed by atoms with Crippen LogP contribution in [0.25, 0.3) is 0 Å². The van der Waals surface area contributed by atoms with Gasteiger partial charge >= 0.3 is 0 Å². The molecule has 1 N–H and O–H groups in total. The molecule has 1 aromatic rings. The van der Waals surface area contributed by atoms with E-state index in [1.165, 1.54) is 6.42 Å². The lowest BCUT2D eigenvalue weighted by molar-refractivity contribution is 0.528. The lowest BCUT2D eigenvalue weighted by Gasteiger charge is -2.05. The summed E-state index contributed by atoms with van der Waals surface area (Å²) in [4.78, 5) is 0. The van der Waals surface area contributed by atoms with Crippen molar-refractivity contribution in [2.45, 2.75) is 39.8 Å². The minimum Gasteiger partial charge on any atom is -0.317 e. The fourth-order valence-electron chi connectivity index (χ4n) is 1.64. The summed E-state index contributed by atoms with van der Waals surface area (Å²) in [5.41, 5.74) is 0.480. The number of aromatic nitrogens is 3. The predicted octanol–water partition coefficient (Wildman–Crippen LogP) is 1.01. The number of nitrogens with zero attached hydrogens (tertiary/aromatic N) is 3. The number of rotatable bonds is 3. The quantitative estimate of drug-likeness (QED) is 0.781. The topological polar surface area (TPSA) is 42.7 Å². The zero-order chi connectivity index (χ0) is 10.3. The maximum absolute atomic E-state index is 4.11. The van der Waals surface area contributed by atoms with E-state index in [0.29, 0.717) is 11.5 Å². The molecule has 78 valence electrons. The fourth-order valence-corrected chi connectivity index (χ4v) is 1.64. The molecule has 1 heterocycles. The summed E-state index contributed by atoms with van der Waals surface area (Å²) in [7, 11) is 2.00. The molecule has 0 saturated heterocycles. The monoisotopic (exact) mass is 194 g/mol. The standard InChI is InChI=1S/C10H18N4/c1-7-12-13-9(14(7)4)6-11-8-5-10(8,2)3/h8,11H,5-6H2,1-4H3. The first-order valence-corrected chi connectivity index (χ1v) is 5.09. The summed E-state index contributed by atoms with van der Waals surface area (Å²) >= 11 is 0. The lowest BCUT2D eigenvalue weighted by atomic mass is 10.2. The first kappa shape index (κ1) is 9.65. The lowest BCUT2D eigenvalue weighted by Crippen LogP contribution is -2.22. The third kappa shape index (κ3) is 1.66. The number of hydrogen-bond donors (Lipinski definition) is 1. The molecule has 0 aliphatic heterocycles. The molecule has 0 aromatic carbocycles. The second-order valence-electron chi connectivity index (χ2n) is 4.85. The molecular weight excluding hydrogens is 176 g/mol. The SMILES string of the molecule is Cc1nnc(CNC2CC2(C)C)n1C. The van der Waals surface area contributed by atoms with Crippen LogP contribution in [0.5, 0.6) is 0 Å². The van der Waals surface area contributed by atoms with Gasteiger partial charge in [0.25, 0.3) is 0 Å². The molecule has 0 radical (unpaired) electrons. The highest BCUT2D eigenvalue weighted by Gasteiger charge is 2.45. The van der Waals surface area contributed by atoms with Crippen LogP contribution >= 0.6 is 0 Å². The van der Waals surface area contributed by atoms with Gasteiger partial charge in [-0.3, -0.25) is 0 Å². The van der Waals surface area contributed by atoms with Crippen molar-refractivity contribution in [2.75, 3.05) is 0 Å². The van der Waals surface area contributed by atoms with Gasteiger partial charge in [0.05, 0.1) is 6.54 Å². The Labute approximate surface area is 84.7 Å². The van der Waals surface area contributed by atoms with Gasteiger partial charge in [0.15, 0.2) is 0 Å². The van der Waals surface area contributed by atoms with Crippen molar-refractivity contribution in [3.05, 3.63) is 11.6 Å². The number of nitrogens with one attached hydrogen (secondary N) is 1. The van der Waals surface area contributed by atoms with Crippen LogP contribution < -0.4 is 5.32 Å². The van der Waals surface area contributed by atoms with Crippen molar-refractivity contribution in [2.24, 2.45) is 12.5 Å². The molecule has 0 spiro atoms. The van der Waals surface area contributed by atoms with E-state index in [1.807, 2.05) is 18.5 Å². The van der Waals surface area contributed by atoms with Gasteiger partial charge in [0, 0.05) is 13.1 Å². The molecule has 0 bridgehead atoms. The zero-order valence-electron chi connectivity index (χ0n) is 9.33. The minimum atomic E-state index is 0.480. The molecule has 1 atom stereocenters. The van der Waals surface area contributed by atoms with Crippen molar-refractivity contribution in [3.63, 3.8) is 0 Å². The van der Waals surface area contributed by atoms with Gasteiger partial charge in [0.2, 0.25) is 0 Å². The van der Waals surface area contributed by atoms with Crippen LogP contribution in [0.2, 0.25) is 0 Å². The first-order chi connectivity index (χ1) is 6.50. The third-order valence-corrected chi connectivity index (χ3v) is 3.20. The Morgan fingerprint density at radius 1 is 1.50 bits per heavy atom. The van der Waals surface area contributed by atoms with Crippen molar-refractivity contribution in [1.29, 1.82) is 0 Å². The Hall–Kier alpha value is -0.900. The van der Waals surface area contributed by atoms with Gasteiger partial charge < -0.3 is 9.88 Å². The Bertz CT molecular complexity index is 340. The molecule has 1 fully saturated rings. The fraction of sp³-hybridized carbons (Fsp3) is 0.800. The van der Waals surface area contributed by atoms with E-state index >= 15 is 0 Å². The van der Waals surface area contributed by atoms with Crippen LogP contribution in [0.1, 0.15) is 31.9 Å². The van der Waals surface area contributed by atoms with Gasteiger partial charge in [-0.2, -0.15) is 0 Å². The van der Waals surface area contributed by atoms with Crippen LogP contribution in [0.15, 0.2) is 0 Å². The summed E-state index contributed by atoms with van der Waals surface area (Å²) in [6.07, 6.45) is 1.27. The highest BCUT2D eigenvalue weighted by atomic mass is 15.3. The molecule has 1 unspecified atom stereocenters. The summed E-state index contributed by atoms with van der Waals surface area (Å²) < 4.78 is 2.03. The largest absolute Gasteiger partial charge is 0.317 e. The van der Waals surface area contributed by atoms with Gasteiger partial charge in [-0.25, -0.2) is 0 Å². The average molecular weight is 194 g/mol. The Morgan fingerprint density at radius 2 is 2.14 bits per heavy atom. The van der Waals surface area contributed by atoms with Gasteiger partial charge in [-0.1, -0.05) is 13.8 Å². The molecule has 4 nitrogen and oxygen atoms in total. The molecule has 4 heteroatoms. The van der Waals surface area contributed by atoms with Crippen molar-refractivity contribution in [3.8, 4) is 0 Å². The number of hydrogen-bond acceptors (Lipinski definition) is 3. The normalized spacial score (nSPS) is 23.9. The average Bonchev–Trinajstić information content (AvgIpc) is 2.60. The molecule has 1 aliphatic carbocycles. The van der Waals surface area contributed by atoms with Crippen LogP contribution in [-0.2, 0) is 13.6 Å². The van der Waals surface area contributed by atoms with Crippen molar-refractivity contribution >= 4 is 0 Å². The predicted molar refractivity (Wildman–Crippen MR) is 54.8 cm³/mol. The van der Waals surface area contributed by atoms with Gasteiger partial charge in [-0.05, 0) is 18.8 Å². The van der Waals surface area contributed by atoms with E-state index in [9.17, 15) is 0 Å². The van der Waals surface area contributed by atoms with E-state index in [4.69, 9.17) is 0 Å². The minimum absolute atomic E-state index is 0.480. The zero-order valence-corrected chi connectivity index (χ0v) is 9.33. The van der Waals surface area contributed by atoms with E-state index in [1.54, 1.807) is 0 Å². The second-order valence-corrected chi connectivity index (χ2v) is 4.85. The van der Waals surface area contributed by atoms with E-state index in [0.717, 1.165) is 18.2 Å². The molecule has 14 heavy (non-hydrogen) atoms. The molecule has 2 rings (SSSR count). The highest BCUT2D eigenvalue weighted by Crippen LogP contribution is 2.44. The van der Waals surface area contributed by atoms with Crippen molar-refractivity contribution < 1.29 is 0 Å². The molecular formula is C10H18N4. The van der Waals surface area contributed by atoms with E-state index in [2.05, 4.69) is 29.4 Å². The molecule has 1 aliphatic rings. The maximum atomic E-state index is 4.11. The van der Waals surface area contributed by atoms with E-state index in [-0.39, 0.29) is 0 Å². The second kappa shape index (κ2) is 3.05. The third-order valence-electron chi connectivity index (χ3n) is 3.20. The summed E-state index contributed by atoms with van der Waals surface area (Å²) in [5, 5.41) is 11.6. The summed E-state index contributed by atoms with van der Waals surface area (Å²) in [6.45, 7) is 7.36. The summed E-state index contributed by atoms with van der Waals surface area (Å²) in [5.74, 6) is 1.99. The van der Waals surface area contributed by atoms with Crippen molar-refractivity contribution in [1.82, 2.24) is 20.1 Å². The van der Waals surface area contributed by atoms with Crippen LogP contribution in [0.4, 0.5) is 0 Å². The Kier molecular flexibility index (Phi) is 2.10. The first-order valence-electron chi connectivity index (χ1n) is 5.09. The Balaban J connectivity index is 1.90. The Morgan fingerprint density at radius 3 is 2.57 bits per heavy atom. The number of aryl methyl sites for hydroxylation is 1. The van der Waals surface area contributed by atoms with Gasteiger partial charge in [-0.15, -0.1) is 10.2 Å². The highest BCUT2D eigenvalue weighted by molar-refractivity contribution is 5.03. The molecule has 1 aromatic heterocycles. The molecule has 1 saturated carbocycles. The smallest absolute Gasteiger partial charge is 0.146 e. The van der Waals surface area contributed by atoms with Crippen LogP contribution in [0.3, 0.4) is 0 Å². The maximum Gasteiger partial charge on any atom is 0.146 e. The van der Waals surface area contributed by atoms with E-state index < -0.39 is 0 Å². The van der Waals surface area contributed by atoms with Gasteiger partial charge in [0.1, 0.15) is 11.6 Å². The van der Waals surface area contributed by atoms with Crippen LogP contribution in [-0.4, -0.2) is 20.8 Å². The summed E-state index contributed by atoms with van der Waals surface area (Å²) in [6, 6.07) is 0.652.